The molecule has 1 unspecified atom stereocenters. The first-order chi connectivity index (χ1) is 8.16. The summed E-state index contributed by atoms with van der Waals surface area (Å²) in [5, 5.41) is 0. The molecule has 2 aromatic rings. The molecule has 0 aliphatic carbocycles. The van der Waals surface area contributed by atoms with Crippen LogP contribution in [0.2, 0.25) is 0 Å². The molecule has 0 saturated carbocycles. The van der Waals surface area contributed by atoms with E-state index in [2.05, 4.69) is 36.8 Å². The molecule has 0 aliphatic rings. The number of aromatic nitrogens is 1. The largest absolute Gasteiger partial charge is 0.261 e. The minimum absolute atomic E-state index is 0.0694. The Balaban J connectivity index is 2.14. The van der Waals surface area contributed by atoms with Crippen LogP contribution in [0.1, 0.15) is 16.1 Å². The van der Waals surface area contributed by atoms with E-state index in [4.69, 9.17) is 0 Å². The fraction of sp³-hybridized carbons (Fsp3) is 0.154. The van der Waals surface area contributed by atoms with Crippen molar-refractivity contribution in [2.45, 2.75) is 11.2 Å². The summed E-state index contributed by atoms with van der Waals surface area (Å²) in [6.45, 7) is 0. The van der Waals surface area contributed by atoms with Gasteiger partial charge in [-0.1, -0.05) is 28.1 Å². The molecule has 0 aliphatic heterocycles. The molecule has 1 atom stereocenters. The van der Waals surface area contributed by atoms with E-state index in [9.17, 15) is 4.39 Å². The number of pyridine rings is 1. The predicted molar refractivity (Wildman–Crippen MR) is 73.7 cm³/mol. The van der Waals surface area contributed by atoms with Crippen molar-refractivity contribution in [3.8, 4) is 0 Å². The third-order valence-corrected chi connectivity index (χ3v) is 3.92. The summed E-state index contributed by atoms with van der Waals surface area (Å²) in [7, 11) is 0. The molecule has 0 spiro atoms. The van der Waals surface area contributed by atoms with Crippen LogP contribution in [0, 0.1) is 5.82 Å². The van der Waals surface area contributed by atoms with Crippen LogP contribution in [0.5, 0.6) is 0 Å². The van der Waals surface area contributed by atoms with E-state index in [0.29, 0.717) is 4.47 Å². The maximum Gasteiger partial charge on any atom is 0.137 e. The van der Waals surface area contributed by atoms with Gasteiger partial charge in [-0.2, -0.15) is 0 Å². The number of hydrogen-bond donors (Lipinski definition) is 0. The van der Waals surface area contributed by atoms with Crippen molar-refractivity contribution < 1.29 is 4.39 Å². The SMILES string of the molecule is Fc1cc(C(Br)Cc2ccccn2)ccc1Br. The maximum absolute atomic E-state index is 13.4. The lowest BCUT2D eigenvalue weighted by Gasteiger charge is -2.10. The van der Waals surface area contributed by atoms with Gasteiger partial charge in [-0.15, -0.1) is 0 Å². The van der Waals surface area contributed by atoms with Crippen molar-refractivity contribution in [1.82, 2.24) is 4.98 Å². The molecular weight excluding hydrogens is 349 g/mol. The summed E-state index contributed by atoms with van der Waals surface area (Å²) in [5.74, 6) is -0.243. The first kappa shape index (κ1) is 12.7. The van der Waals surface area contributed by atoms with Crippen molar-refractivity contribution in [2.24, 2.45) is 0 Å². The zero-order valence-electron chi connectivity index (χ0n) is 8.91. The van der Waals surface area contributed by atoms with Crippen LogP contribution >= 0.6 is 31.9 Å². The van der Waals surface area contributed by atoms with Gasteiger partial charge in [0.25, 0.3) is 0 Å². The fourth-order valence-corrected chi connectivity index (χ4v) is 2.39. The molecule has 17 heavy (non-hydrogen) atoms. The highest BCUT2D eigenvalue weighted by molar-refractivity contribution is 9.10. The van der Waals surface area contributed by atoms with E-state index in [1.54, 1.807) is 12.3 Å². The highest BCUT2D eigenvalue weighted by Gasteiger charge is 2.11. The third-order valence-electron chi connectivity index (χ3n) is 2.42. The van der Waals surface area contributed by atoms with Crippen LogP contribution in [0.25, 0.3) is 0 Å². The Morgan fingerprint density at radius 2 is 2.06 bits per heavy atom. The first-order valence-electron chi connectivity index (χ1n) is 5.16. The maximum atomic E-state index is 13.4. The van der Waals surface area contributed by atoms with Gasteiger partial charge < -0.3 is 0 Å². The highest BCUT2D eigenvalue weighted by Crippen LogP contribution is 2.28. The molecule has 1 heterocycles. The second-order valence-corrected chi connectivity index (χ2v) is 5.63. The number of hydrogen-bond acceptors (Lipinski definition) is 1. The molecule has 0 amide bonds. The van der Waals surface area contributed by atoms with Gasteiger partial charge in [-0.3, -0.25) is 4.98 Å². The zero-order chi connectivity index (χ0) is 12.3. The Morgan fingerprint density at radius 3 is 2.71 bits per heavy atom. The summed E-state index contributed by atoms with van der Waals surface area (Å²) < 4.78 is 13.9. The van der Waals surface area contributed by atoms with Crippen molar-refractivity contribution in [3.63, 3.8) is 0 Å². The van der Waals surface area contributed by atoms with Crippen LogP contribution in [0.3, 0.4) is 0 Å². The molecule has 4 heteroatoms. The Hall–Kier alpha value is -0.740. The summed E-state index contributed by atoms with van der Waals surface area (Å²) in [5.41, 5.74) is 1.90. The fourth-order valence-electron chi connectivity index (χ4n) is 1.53. The van der Waals surface area contributed by atoms with E-state index in [-0.39, 0.29) is 10.6 Å². The summed E-state index contributed by atoms with van der Waals surface area (Å²) in [6, 6.07) is 10.9. The van der Waals surface area contributed by atoms with E-state index in [0.717, 1.165) is 17.7 Å². The van der Waals surface area contributed by atoms with Crippen LogP contribution in [0.4, 0.5) is 4.39 Å². The highest BCUT2D eigenvalue weighted by atomic mass is 79.9. The van der Waals surface area contributed by atoms with Gasteiger partial charge in [0.15, 0.2) is 0 Å². The van der Waals surface area contributed by atoms with Crippen LogP contribution in [0.15, 0.2) is 47.1 Å². The monoisotopic (exact) mass is 357 g/mol. The van der Waals surface area contributed by atoms with Crippen LogP contribution in [-0.4, -0.2) is 4.98 Å². The second kappa shape index (κ2) is 5.74. The summed E-state index contributed by atoms with van der Waals surface area (Å²) in [6.07, 6.45) is 2.50. The summed E-state index contributed by atoms with van der Waals surface area (Å²) in [4.78, 5) is 4.32. The Kier molecular flexibility index (Phi) is 4.29. The number of benzene rings is 1. The Morgan fingerprint density at radius 1 is 1.24 bits per heavy atom. The average Bonchev–Trinajstić information content (AvgIpc) is 2.34. The van der Waals surface area contributed by atoms with Gasteiger partial charge in [-0.05, 0) is 45.8 Å². The molecule has 0 radical (unpaired) electrons. The molecule has 1 aromatic heterocycles. The van der Waals surface area contributed by atoms with Crippen molar-refractivity contribution in [2.75, 3.05) is 0 Å². The quantitative estimate of drug-likeness (QED) is 0.727. The number of halogens is 3. The van der Waals surface area contributed by atoms with E-state index >= 15 is 0 Å². The molecule has 1 aromatic carbocycles. The second-order valence-electron chi connectivity index (χ2n) is 3.67. The molecule has 0 saturated heterocycles. The van der Waals surface area contributed by atoms with Crippen molar-refractivity contribution >= 4 is 31.9 Å². The van der Waals surface area contributed by atoms with Gasteiger partial charge in [-0.25, -0.2) is 4.39 Å². The van der Waals surface area contributed by atoms with E-state index in [1.807, 2.05) is 24.3 Å². The van der Waals surface area contributed by atoms with Crippen molar-refractivity contribution in [1.29, 1.82) is 0 Å². The Bertz CT molecular complexity index is 502. The van der Waals surface area contributed by atoms with Crippen LogP contribution in [-0.2, 0) is 6.42 Å². The lowest BCUT2D eigenvalue weighted by Crippen LogP contribution is -1.98. The standard InChI is InChI=1S/C13H10Br2FN/c14-11-5-4-9(7-13(11)16)12(15)8-10-3-1-2-6-17-10/h1-7,12H,8H2. The number of rotatable bonds is 3. The molecular formula is C13H10Br2FN. The van der Waals surface area contributed by atoms with E-state index in [1.165, 1.54) is 6.07 Å². The van der Waals surface area contributed by atoms with E-state index < -0.39 is 0 Å². The molecule has 2 rings (SSSR count). The minimum atomic E-state index is -0.243. The molecule has 0 fully saturated rings. The minimum Gasteiger partial charge on any atom is -0.261 e. The van der Waals surface area contributed by atoms with Gasteiger partial charge in [0.05, 0.1) is 4.47 Å². The van der Waals surface area contributed by atoms with Gasteiger partial charge >= 0.3 is 0 Å². The smallest absolute Gasteiger partial charge is 0.137 e. The molecule has 0 N–H and O–H groups in total. The number of nitrogens with zero attached hydrogens (tertiary/aromatic N) is 1. The van der Waals surface area contributed by atoms with Gasteiger partial charge in [0.2, 0.25) is 0 Å². The number of alkyl halides is 1. The van der Waals surface area contributed by atoms with Gasteiger partial charge in [0.1, 0.15) is 5.82 Å². The molecule has 88 valence electrons. The normalized spacial score (nSPS) is 12.4. The van der Waals surface area contributed by atoms with Crippen LogP contribution < -0.4 is 0 Å². The lowest BCUT2D eigenvalue weighted by molar-refractivity contribution is 0.618. The topological polar surface area (TPSA) is 12.9 Å². The summed E-state index contributed by atoms with van der Waals surface area (Å²) >= 11 is 6.70. The zero-order valence-corrected chi connectivity index (χ0v) is 12.1. The first-order valence-corrected chi connectivity index (χ1v) is 6.86. The van der Waals surface area contributed by atoms with Crippen molar-refractivity contribution in [3.05, 3.63) is 64.1 Å². The lowest BCUT2D eigenvalue weighted by atomic mass is 10.1. The molecule has 1 nitrogen and oxygen atoms in total. The average molecular weight is 359 g/mol. The van der Waals surface area contributed by atoms with Gasteiger partial charge in [0, 0.05) is 23.1 Å². The Labute approximate surface area is 116 Å². The predicted octanol–water partition coefficient (Wildman–Crippen LogP) is 4.66. The molecule has 0 bridgehead atoms. The third kappa shape index (κ3) is 3.36.